The first kappa shape index (κ1) is 23.3. The molecule has 0 N–H and O–H groups in total. The molecule has 1 aliphatic heterocycles. The van der Waals surface area contributed by atoms with Crippen molar-refractivity contribution >= 4 is 17.5 Å². The fraction of sp³-hybridized carbons (Fsp3) is 0.417. The summed E-state index contributed by atoms with van der Waals surface area (Å²) < 4.78 is 13.1. The van der Waals surface area contributed by atoms with E-state index < -0.39 is 0 Å². The van der Waals surface area contributed by atoms with Gasteiger partial charge in [0.1, 0.15) is 5.82 Å². The number of hydrogen-bond acceptors (Lipinski definition) is 5. The Morgan fingerprint density at radius 3 is 2.61 bits per heavy atom. The van der Waals surface area contributed by atoms with Crippen LogP contribution in [0.1, 0.15) is 35.9 Å². The van der Waals surface area contributed by atoms with Crippen molar-refractivity contribution in [2.45, 2.75) is 45.8 Å². The number of aryl methyl sites for hydroxylation is 2. The summed E-state index contributed by atoms with van der Waals surface area (Å²) in [6, 6.07) is 12.5. The molecule has 0 saturated carbocycles. The average molecular weight is 471 g/mol. The molecule has 4 rings (SSSR count). The van der Waals surface area contributed by atoms with Crippen molar-refractivity contribution in [3.8, 4) is 0 Å². The lowest BCUT2D eigenvalue weighted by Gasteiger charge is -2.40. The molecule has 3 aromatic rings. The lowest BCUT2D eigenvalue weighted by atomic mass is 10.0. The maximum Gasteiger partial charge on any atom is 0.223 e. The van der Waals surface area contributed by atoms with Crippen LogP contribution in [0.25, 0.3) is 0 Å². The molecule has 1 saturated heterocycles. The van der Waals surface area contributed by atoms with Gasteiger partial charge in [-0.05, 0) is 66.4 Å². The van der Waals surface area contributed by atoms with Gasteiger partial charge < -0.3 is 4.90 Å². The van der Waals surface area contributed by atoms with Crippen LogP contribution in [0.4, 0.5) is 4.39 Å². The number of piperazine rings is 1. The summed E-state index contributed by atoms with van der Waals surface area (Å²) in [7, 11) is 0. The van der Waals surface area contributed by atoms with Gasteiger partial charge in [-0.25, -0.2) is 4.39 Å². The summed E-state index contributed by atoms with van der Waals surface area (Å²) in [5.41, 5.74) is 3.13. The Kier molecular flexibility index (Phi) is 7.35. The summed E-state index contributed by atoms with van der Waals surface area (Å²) in [6.45, 7) is 7.39. The number of rotatable bonds is 7. The topological polar surface area (TPSA) is 67.2 Å². The second-order valence-electron chi connectivity index (χ2n) is 8.58. The summed E-state index contributed by atoms with van der Waals surface area (Å²) in [4.78, 5) is 18.8. The lowest BCUT2D eigenvalue weighted by molar-refractivity contribution is -0.135. The second kappa shape index (κ2) is 10.4. The third-order valence-corrected chi connectivity index (χ3v) is 6.23. The normalized spacial score (nSPS) is 16.8. The number of amides is 1. The Morgan fingerprint density at radius 2 is 1.91 bits per heavy atom. The number of aromatic nitrogens is 4. The minimum Gasteiger partial charge on any atom is -0.337 e. The van der Waals surface area contributed by atoms with Gasteiger partial charge in [0.25, 0.3) is 0 Å². The monoisotopic (exact) mass is 470 g/mol. The summed E-state index contributed by atoms with van der Waals surface area (Å²) in [5, 5.41) is 12.8. The molecule has 174 valence electrons. The van der Waals surface area contributed by atoms with E-state index in [0.717, 1.165) is 36.3 Å². The zero-order chi connectivity index (χ0) is 23.4. The number of halogens is 2. The average Bonchev–Trinajstić information content (AvgIpc) is 3.19. The fourth-order valence-corrected chi connectivity index (χ4v) is 4.50. The van der Waals surface area contributed by atoms with Crippen LogP contribution in [0.3, 0.4) is 0 Å². The molecular formula is C24H28ClFN6O. The van der Waals surface area contributed by atoms with Crippen LogP contribution in [0, 0.1) is 12.7 Å². The predicted octanol–water partition coefficient (Wildman–Crippen LogP) is 3.49. The number of nitrogens with zero attached hydrogens (tertiary/aromatic N) is 6. The Morgan fingerprint density at radius 1 is 1.12 bits per heavy atom. The minimum absolute atomic E-state index is 0.124. The molecule has 2 aromatic carbocycles. The number of hydrogen-bond donors (Lipinski definition) is 0. The molecule has 0 aliphatic carbocycles. The largest absolute Gasteiger partial charge is 0.337 e. The molecule has 1 fully saturated rings. The Labute approximate surface area is 198 Å². The highest BCUT2D eigenvalue weighted by Gasteiger charge is 2.27. The highest BCUT2D eigenvalue weighted by atomic mass is 35.5. The molecule has 1 atom stereocenters. The molecule has 0 spiro atoms. The molecule has 1 aliphatic rings. The second-order valence-corrected chi connectivity index (χ2v) is 9.01. The van der Waals surface area contributed by atoms with Gasteiger partial charge in [0, 0.05) is 43.7 Å². The van der Waals surface area contributed by atoms with Crippen LogP contribution >= 0.6 is 11.6 Å². The maximum absolute atomic E-state index is 13.1. The number of carbonyl (C=O) groups excluding carboxylic acids is 1. The van der Waals surface area contributed by atoms with Crippen molar-refractivity contribution < 1.29 is 9.18 Å². The SMILES string of the molecule is Cc1nnn(Cc2cc(Cl)ccc2CCC(=O)N2CCN(Cc3ccc(F)cc3)C[C@H]2C)n1. The van der Waals surface area contributed by atoms with Crippen molar-refractivity contribution in [3.05, 3.63) is 75.8 Å². The quantitative estimate of drug-likeness (QED) is 0.529. The third kappa shape index (κ3) is 6.15. The van der Waals surface area contributed by atoms with E-state index >= 15 is 0 Å². The van der Waals surface area contributed by atoms with Crippen molar-refractivity contribution in [2.24, 2.45) is 0 Å². The van der Waals surface area contributed by atoms with Gasteiger partial charge in [-0.2, -0.15) is 4.80 Å². The Balaban J connectivity index is 1.33. The molecule has 9 heteroatoms. The number of carbonyl (C=O) groups is 1. The van der Waals surface area contributed by atoms with Gasteiger partial charge in [-0.15, -0.1) is 10.2 Å². The molecule has 0 bridgehead atoms. The zero-order valence-electron chi connectivity index (χ0n) is 18.9. The molecular weight excluding hydrogens is 443 g/mol. The highest BCUT2D eigenvalue weighted by Crippen LogP contribution is 2.20. The molecule has 7 nitrogen and oxygen atoms in total. The first-order valence-corrected chi connectivity index (χ1v) is 11.5. The van der Waals surface area contributed by atoms with E-state index in [4.69, 9.17) is 11.6 Å². The maximum atomic E-state index is 13.1. The first-order chi connectivity index (χ1) is 15.9. The van der Waals surface area contributed by atoms with Crippen LogP contribution in [0.2, 0.25) is 5.02 Å². The standard InChI is InChI=1S/C24H28ClFN6O/c1-17-14-30(15-19-3-8-23(26)9-4-19)11-12-31(17)24(33)10-6-20-5-7-22(25)13-21(20)16-32-28-18(2)27-29-32/h3-5,7-9,13,17H,6,10-12,14-16H2,1-2H3/t17-/m1/s1. The van der Waals surface area contributed by atoms with Crippen molar-refractivity contribution in [2.75, 3.05) is 19.6 Å². The molecule has 0 unspecified atom stereocenters. The molecule has 2 heterocycles. The van der Waals surface area contributed by atoms with E-state index in [1.54, 1.807) is 6.92 Å². The summed E-state index contributed by atoms with van der Waals surface area (Å²) in [6.07, 6.45) is 1.06. The third-order valence-electron chi connectivity index (χ3n) is 5.99. The molecule has 1 aromatic heterocycles. The molecule has 0 radical (unpaired) electrons. The van der Waals surface area contributed by atoms with Crippen molar-refractivity contribution in [1.29, 1.82) is 0 Å². The van der Waals surface area contributed by atoms with Gasteiger partial charge in [0.15, 0.2) is 5.82 Å². The van der Waals surface area contributed by atoms with Crippen LogP contribution in [0.5, 0.6) is 0 Å². The van der Waals surface area contributed by atoms with Crippen LogP contribution in [-0.2, 0) is 24.3 Å². The molecule has 1 amide bonds. The van der Waals surface area contributed by atoms with E-state index in [1.165, 1.54) is 16.9 Å². The zero-order valence-corrected chi connectivity index (χ0v) is 19.7. The van der Waals surface area contributed by atoms with Gasteiger partial charge in [0.05, 0.1) is 6.54 Å². The van der Waals surface area contributed by atoms with Gasteiger partial charge in [0.2, 0.25) is 5.91 Å². The predicted molar refractivity (Wildman–Crippen MR) is 124 cm³/mol. The fourth-order valence-electron chi connectivity index (χ4n) is 4.31. The van der Waals surface area contributed by atoms with E-state index in [9.17, 15) is 9.18 Å². The van der Waals surface area contributed by atoms with Crippen LogP contribution < -0.4 is 0 Å². The van der Waals surface area contributed by atoms with E-state index in [0.29, 0.717) is 36.8 Å². The Bertz CT molecular complexity index is 1100. The lowest BCUT2D eigenvalue weighted by Crippen LogP contribution is -2.53. The van der Waals surface area contributed by atoms with Gasteiger partial charge >= 0.3 is 0 Å². The van der Waals surface area contributed by atoms with E-state index in [1.807, 2.05) is 35.2 Å². The van der Waals surface area contributed by atoms with E-state index in [2.05, 4.69) is 27.2 Å². The Hall–Kier alpha value is -2.84. The number of tetrazole rings is 1. The van der Waals surface area contributed by atoms with Crippen LogP contribution in [0.15, 0.2) is 42.5 Å². The number of benzene rings is 2. The minimum atomic E-state index is -0.223. The van der Waals surface area contributed by atoms with Crippen molar-refractivity contribution in [3.63, 3.8) is 0 Å². The highest BCUT2D eigenvalue weighted by molar-refractivity contribution is 6.30. The van der Waals surface area contributed by atoms with E-state index in [-0.39, 0.29) is 17.8 Å². The molecule has 33 heavy (non-hydrogen) atoms. The van der Waals surface area contributed by atoms with Crippen LogP contribution in [-0.4, -0.2) is 61.6 Å². The van der Waals surface area contributed by atoms with Crippen molar-refractivity contribution in [1.82, 2.24) is 30.0 Å². The van der Waals surface area contributed by atoms with Gasteiger partial charge in [-0.1, -0.05) is 29.8 Å². The summed E-state index contributed by atoms with van der Waals surface area (Å²) in [5.74, 6) is 0.542. The smallest absolute Gasteiger partial charge is 0.223 e. The first-order valence-electron chi connectivity index (χ1n) is 11.2. The summed E-state index contributed by atoms with van der Waals surface area (Å²) >= 11 is 6.21. The van der Waals surface area contributed by atoms with Gasteiger partial charge in [-0.3, -0.25) is 9.69 Å².